The molecule has 1 aliphatic heterocycles. The number of aromatic nitrogens is 1. The van der Waals surface area contributed by atoms with Crippen molar-refractivity contribution in [1.29, 1.82) is 0 Å². The topological polar surface area (TPSA) is 73.5 Å². The molecule has 1 saturated heterocycles. The minimum atomic E-state index is -0.136. The maximum Gasteiger partial charge on any atom is 0.257 e. The Morgan fingerprint density at radius 1 is 1.04 bits per heavy atom. The predicted octanol–water partition coefficient (Wildman–Crippen LogP) is 2.05. The summed E-state index contributed by atoms with van der Waals surface area (Å²) in [6.07, 6.45) is 0. The molecular formula is C18H17N3O3S. The van der Waals surface area contributed by atoms with Crippen LogP contribution < -0.4 is 5.56 Å². The monoisotopic (exact) mass is 355 g/mol. The molecular weight excluding hydrogens is 338 g/mol. The minimum absolute atomic E-state index is 0.0374. The van der Waals surface area contributed by atoms with Crippen molar-refractivity contribution >= 4 is 44.1 Å². The molecule has 0 bridgehead atoms. The summed E-state index contributed by atoms with van der Waals surface area (Å²) in [5.74, 6) is -0.0347. The number of carbonyl (C=O) groups is 2. The van der Waals surface area contributed by atoms with Gasteiger partial charge in [-0.2, -0.15) is 0 Å². The van der Waals surface area contributed by atoms with Crippen molar-refractivity contribution < 1.29 is 9.59 Å². The number of hydrogen-bond donors (Lipinski definition) is 1. The molecule has 25 heavy (non-hydrogen) atoms. The summed E-state index contributed by atoms with van der Waals surface area (Å²) in [7, 11) is 0. The Labute approximate surface area is 147 Å². The van der Waals surface area contributed by atoms with Gasteiger partial charge in [-0.05, 0) is 23.6 Å². The van der Waals surface area contributed by atoms with E-state index >= 15 is 0 Å². The summed E-state index contributed by atoms with van der Waals surface area (Å²) >= 11 is 1.52. The lowest BCUT2D eigenvalue weighted by atomic mass is 10.1. The third-order valence-electron chi connectivity index (χ3n) is 4.68. The SMILES string of the molecule is CC(=O)N1CCN(C(=O)c2ccc3c(c2)[nH]c(=O)c2ccsc23)CC1. The summed E-state index contributed by atoms with van der Waals surface area (Å²) < 4.78 is 0.938. The molecule has 1 aromatic carbocycles. The fourth-order valence-electron chi connectivity index (χ4n) is 3.27. The minimum Gasteiger partial charge on any atom is -0.339 e. The number of amides is 2. The van der Waals surface area contributed by atoms with Crippen LogP contribution in [0.25, 0.3) is 21.0 Å². The highest BCUT2D eigenvalue weighted by Crippen LogP contribution is 2.27. The number of hydrogen-bond acceptors (Lipinski definition) is 4. The van der Waals surface area contributed by atoms with Gasteiger partial charge in [0.25, 0.3) is 11.5 Å². The first-order valence-corrected chi connectivity index (χ1v) is 9.00. The Hall–Kier alpha value is -2.67. The van der Waals surface area contributed by atoms with E-state index in [1.54, 1.807) is 28.9 Å². The summed E-state index contributed by atoms with van der Waals surface area (Å²) in [6.45, 7) is 3.71. The lowest BCUT2D eigenvalue weighted by Gasteiger charge is -2.34. The zero-order chi connectivity index (χ0) is 17.6. The Balaban J connectivity index is 1.65. The number of piperazine rings is 1. The van der Waals surface area contributed by atoms with Gasteiger partial charge in [0, 0.05) is 48.8 Å². The van der Waals surface area contributed by atoms with Gasteiger partial charge in [-0.25, -0.2) is 0 Å². The Bertz CT molecular complexity index is 1040. The van der Waals surface area contributed by atoms with Crippen molar-refractivity contribution in [2.24, 2.45) is 0 Å². The quantitative estimate of drug-likeness (QED) is 0.726. The second-order valence-corrected chi connectivity index (χ2v) is 7.09. The molecule has 0 atom stereocenters. The number of carbonyl (C=O) groups excluding carboxylic acids is 2. The normalized spacial score (nSPS) is 15.1. The number of rotatable bonds is 1. The van der Waals surface area contributed by atoms with E-state index in [2.05, 4.69) is 4.98 Å². The standard InChI is InChI=1S/C18H17N3O3S/c1-11(22)20-5-7-21(8-6-20)18(24)12-2-3-13-15(10-12)19-17(23)14-4-9-25-16(13)14/h2-4,9-10H,5-8H2,1H3,(H,19,23). The summed E-state index contributed by atoms with van der Waals surface area (Å²) in [4.78, 5) is 42.7. The van der Waals surface area contributed by atoms with Crippen LogP contribution in [0.5, 0.6) is 0 Å². The molecule has 0 aliphatic carbocycles. The lowest BCUT2D eigenvalue weighted by Crippen LogP contribution is -2.50. The van der Waals surface area contributed by atoms with E-state index in [4.69, 9.17) is 0 Å². The number of H-pyrrole nitrogens is 1. The Kier molecular flexibility index (Phi) is 3.80. The van der Waals surface area contributed by atoms with Crippen LogP contribution in [-0.4, -0.2) is 52.8 Å². The van der Waals surface area contributed by atoms with Gasteiger partial charge < -0.3 is 14.8 Å². The Morgan fingerprint density at radius 2 is 1.76 bits per heavy atom. The molecule has 0 radical (unpaired) electrons. The van der Waals surface area contributed by atoms with Crippen molar-refractivity contribution in [3.05, 3.63) is 45.6 Å². The number of benzene rings is 1. The molecule has 4 rings (SSSR count). The van der Waals surface area contributed by atoms with Gasteiger partial charge >= 0.3 is 0 Å². The highest BCUT2D eigenvalue weighted by atomic mass is 32.1. The molecule has 0 spiro atoms. The zero-order valence-electron chi connectivity index (χ0n) is 13.7. The molecule has 1 N–H and O–H groups in total. The lowest BCUT2D eigenvalue weighted by molar-refractivity contribution is -0.130. The van der Waals surface area contributed by atoms with Gasteiger partial charge in [0.15, 0.2) is 0 Å². The Morgan fingerprint density at radius 3 is 2.48 bits per heavy atom. The van der Waals surface area contributed by atoms with Crippen LogP contribution in [0, 0.1) is 0 Å². The van der Waals surface area contributed by atoms with Crippen LogP contribution in [0.3, 0.4) is 0 Å². The summed E-state index contributed by atoms with van der Waals surface area (Å²) in [6, 6.07) is 7.25. The molecule has 128 valence electrons. The van der Waals surface area contributed by atoms with E-state index < -0.39 is 0 Å². The number of fused-ring (bicyclic) bond motifs is 3. The highest BCUT2D eigenvalue weighted by molar-refractivity contribution is 7.18. The molecule has 6 nitrogen and oxygen atoms in total. The van der Waals surface area contributed by atoms with Crippen molar-refractivity contribution in [1.82, 2.24) is 14.8 Å². The molecule has 7 heteroatoms. The second-order valence-electron chi connectivity index (χ2n) is 6.18. The first kappa shape index (κ1) is 15.8. The van der Waals surface area contributed by atoms with Crippen molar-refractivity contribution in [2.45, 2.75) is 6.92 Å². The van der Waals surface area contributed by atoms with E-state index in [1.165, 1.54) is 11.3 Å². The van der Waals surface area contributed by atoms with Crippen LogP contribution in [0.1, 0.15) is 17.3 Å². The number of thiophene rings is 1. The first-order chi connectivity index (χ1) is 12.0. The number of nitrogens with zero attached hydrogens (tertiary/aromatic N) is 2. The predicted molar refractivity (Wildman–Crippen MR) is 98.1 cm³/mol. The van der Waals surface area contributed by atoms with E-state index in [1.807, 2.05) is 17.5 Å². The highest BCUT2D eigenvalue weighted by Gasteiger charge is 2.23. The van der Waals surface area contributed by atoms with Gasteiger partial charge in [-0.3, -0.25) is 14.4 Å². The fourth-order valence-corrected chi connectivity index (χ4v) is 4.20. The summed E-state index contributed by atoms with van der Waals surface area (Å²) in [5, 5.41) is 3.52. The zero-order valence-corrected chi connectivity index (χ0v) is 14.6. The maximum absolute atomic E-state index is 12.8. The average molecular weight is 355 g/mol. The molecule has 2 amide bonds. The van der Waals surface area contributed by atoms with Gasteiger partial charge in [0.1, 0.15) is 0 Å². The summed E-state index contributed by atoms with van der Waals surface area (Å²) in [5.41, 5.74) is 1.09. The molecule has 0 unspecified atom stereocenters. The fraction of sp³-hybridized carbons (Fsp3) is 0.278. The van der Waals surface area contributed by atoms with Crippen LogP contribution in [0.4, 0.5) is 0 Å². The van der Waals surface area contributed by atoms with Crippen molar-refractivity contribution in [3.8, 4) is 0 Å². The molecule has 3 heterocycles. The number of pyridine rings is 1. The third kappa shape index (κ3) is 2.70. The maximum atomic E-state index is 12.8. The van der Waals surface area contributed by atoms with Gasteiger partial charge in [-0.1, -0.05) is 6.07 Å². The molecule has 1 aliphatic rings. The van der Waals surface area contributed by atoms with Crippen LogP contribution >= 0.6 is 11.3 Å². The van der Waals surface area contributed by atoms with E-state index in [0.717, 1.165) is 10.1 Å². The smallest absolute Gasteiger partial charge is 0.257 e. The number of nitrogens with one attached hydrogen (secondary N) is 1. The van der Waals surface area contributed by atoms with E-state index in [0.29, 0.717) is 42.6 Å². The molecule has 1 fully saturated rings. The molecule has 2 aromatic heterocycles. The first-order valence-electron chi connectivity index (χ1n) is 8.12. The van der Waals surface area contributed by atoms with Crippen LogP contribution in [0.15, 0.2) is 34.4 Å². The molecule has 3 aromatic rings. The van der Waals surface area contributed by atoms with Crippen molar-refractivity contribution in [3.63, 3.8) is 0 Å². The van der Waals surface area contributed by atoms with E-state index in [-0.39, 0.29) is 17.4 Å². The van der Waals surface area contributed by atoms with Crippen LogP contribution in [-0.2, 0) is 4.79 Å². The largest absolute Gasteiger partial charge is 0.339 e. The van der Waals surface area contributed by atoms with E-state index in [9.17, 15) is 14.4 Å². The van der Waals surface area contributed by atoms with Gasteiger partial charge in [0.05, 0.1) is 10.9 Å². The third-order valence-corrected chi connectivity index (χ3v) is 5.63. The second kappa shape index (κ2) is 6.00. The van der Waals surface area contributed by atoms with Gasteiger partial charge in [-0.15, -0.1) is 11.3 Å². The van der Waals surface area contributed by atoms with Crippen LogP contribution in [0.2, 0.25) is 0 Å². The average Bonchev–Trinajstić information content (AvgIpc) is 3.11. The van der Waals surface area contributed by atoms with Crippen molar-refractivity contribution in [2.75, 3.05) is 26.2 Å². The number of aromatic amines is 1. The molecule has 0 saturated carbocycles. The van der Waals surface area contributed by atoms with Gasteiger partial charge in [0.2, 0.25) is 5.91 Å².